The highest BCUT2D eigenvalue weighted by molar-refractivity contribution is 9.10. The van der Waals surface area contributed by atoms with E-state index >= 15 is 0 Å². The zero-order chi connectivity index (χ0) is 16.3. The van der Waals surface area contributed by atoms with Crippen molar-refractivity contribution in [2.75, 3.05) is 11.2 Å². The maximum atomic E-state index is 12.5. The minimum atomic E-state index is -0.176. The third-order valence-corrected chi connectivity index (χ3v) is 4.04. The fourth-order valence-electron chi connectivity index (χ4n) is 2.10. The van der Waals surface area contributed by atoms with Crippen molar-refractivity contribution in [2.45, 2.75) is 32.7 Å². The van der Waals surface area contributed by atoms with E-state index in [0.29, 0.717) is 34.4 Å². The van der Waals surface area contributed by atoms with E-state index in [1.807, 2.05) is 13.8 Å². The summed E-state index contributed by atoms with van der Waals surface area (Å²) in [7, 11) is 0. The van der Waals surface area contributed by atoms with Crippen LogP contribution in [0.2, 0.25) is 0 Å². The van der Waals surface area contributed by atoms with Gasteiger partial charge >= 0.3 is 0 Å². The Balaban J connectivity index is 2.43. The van der Waals surface area contributed by atoms with Crippen LogP contribution in [-0.2, 0) is 4.79 Å². The Morgan fingerprint density at radius 1 is 1.41 bits per heavy atom. The molecule has 1 aromatic carbocycles. The van der Waals surface area contributed by atoms with Gasteiger partial charge in [-0.1, -0.05) is 0 Å². The van der Waals surface area contributed by atoms with Gasteiger partial charge in [0.15, 0.2) is 0 Å². The van der Waals surface area contributed by atoms with Crippen LogP contribution in [0.25, 0.3) is 10.8 Å². The van der Waals surface area contributed by atoms with E-state index in [9.17, 15) is 9.59 Å². The lowest BCUT2D eigenvalue weighted by Crippen LogP contribution is -2.25. The Hall–Kier alpha value is -1.40. The molecule has 7 heteroatoms. The van der Waals surface area contributed by atoms with Crippen LogP contribution in [0.4, 0.5) is 5.69 Å². The summed E-state index contributed by atoms with van der Waals surface area (Å²) in [6.07, 6.45) is 0.981. The summed E-state index contributed by atoms with van der Waals surface area (Å²) in [6.45, 7) is 3.79. The first kappa shape index (κ1) is 17.0. The number of nitrogens with one attached hydrogen (secondary N) is 1. The largest absolute Gasteiger partial charge is 0.326 e. The maximum absolute atomic E-state index is 12.5. The fraction of sp³-hybridized carbons (Fsp3) is 0.400. The van der Waals surface area contributed by atoms with Gasteiger partial charge in [-0.15, -0.1) is 11.6 Å². The molecule has 1 N–H and O–H groups in total. The Labute approximate surface area is 141 Å². The lowest BCUT2D eigenvalue weighted by molar-refractivity contribution is -0.116. The van der Waals surface area contributed by atoms with E-state index in [4.69, 9.17) is 11.6 Å². The summed E-state index contributed by atoms with van der Waals surface area (Å²) in [5.41, 5.74) is 0.419. The van der Waals surface area contributed by atoms with Crippen molar-refractivity contribution in [1.29, 1.82) is 0 Å². The van der Waals surface area contributed by atoms with Crippen LogP contribution in [-0.4, -0.2) is 21.6 Å². The second-order valence-corrected chi connectivity index (χ2v) is 6.36. The second kappa shape index (κ2) is 7.24. The zero-order valence-corrected chi connectivity index (χ0v) is 14.7. The van der Waals surface area contributed by atoms with E-state index in [0.717, 1.165) is 5.39 Å². The number of nitrogens with zero attached hydrogens (tertiary/aromatic N) is 2. The van der Waals surface area contributed by atoms with Gasteiger partial charge in [0.05, 0.1) is 11.4 Å². The van der Waals surface area contributed by atoms with Crippen LogP contribution in [0.3, 0.4) is 0 Å². The minimum absolute atomic E-state index is 0.0461. The molecular formula is C15H17BrClN3O2. The van der Waals surface area contributed by atoms with Crippen molar-refractivity contribution >= 4 is 49.9 Å². The van der Waals surface area contributed by atoms with Crippen LogP contribution in [0.15, 0.2) is 27.6 Å². The van der Waals surface area contributed by atoms with Crippen LogP contribution < -0.4 is 10.9 Å². The molecule has 1 amide bonds. The average Bonchev–Trinajstić information content (AvgIpc) is 2.48. The molecule has 0 fully saturated rings. The van der Waals surface area contributed by atoms with Crippen molar-refractivity contribution in [1.82, 2.24) is 9.78 Å². The molecule has 0 saturated heterocycles. The number of carbonyl (C=O) groups excluding carboxylic acids is 1. The second-order valence-electron chi connectivity index (χ2n) is 5.24. The van der Waals surface area contributed by atoms with Gasteiger partial charge < -0.3 is 5.32 Å². The average molecular weight is 387 g/mol. The summed E-state index contributed by atoms with van der Waals surface area (Å²) in [5.74, 6) is 0.334. The number of hydrogen-bond acceptors (Lipinski definition) is 3. The van der Waals surface area contributed by atoms with Crippen LogP contribution >= 0.6 is 27.5 Å². The molecule has 2 aromatic rings. The molecule has 0 saturated carbocycles. The van der Waals surface area contributed by atoms with Crippen LogP contribution in [0.1, 0.15) is 32.7 Å². The van der Waals surface area contributed by atoms with E-state index in [1.54, 1.807) is 18.2 Å². The molecule has 0 aliphatic rings. The molecule has 1 aromatic heterocycles. The Morgan fingerprint density at radius 3 is 2.77 bits per heavy atom. The number of benzene rings is 1. The van der Waals surface area contributed by atoms with Crippen molar-refractivity contribution in [3.8, 4) is 0 Å². The standard InChI is InChI=1S/C15H17BrClN3O2/c1-9(2)20-15(22)12-8-10(18-13(21)4-3-7-17)5-6-11(12)14(16)19-20/h5-6,8-9H,3-4,7H2,1-2H3,(H,18,21). The van der Waals surface area contributed by atoms with Gasteiger partial charge in [-0.3, -0.25) is 9.59 Å². The number of fused-ring (bicyclic) bond motifs is 1. The summed E-state index contributed by atoms with van der Waals surface area (Å²) in [6, 6.07) is 5.17. The van der Waals surface area contributed by atoms with Gasteiger partial charge in [0.1, 0.15) is 4.60 Å². The summed E-state index contributed by atoms with van der Waals surface area (Å²) >= 11 is 8.96. The highest BCUT2D eigenvalue weighted by atomic mass is 79.9. The van der Waals surface area contributed by atoms with Crippen LogP contribution in [0, 0.1) is 0 Å². The van der Waals surface area contributed by atoms with Crippen molar-refractivity contribution in [3.05, 3.63) is 33.2 Å². The number of amides is 1. The molecular weight excluding hydrogens is 370 g/mol. The molecule has 0 radical (unpaired) electrons. The monoisotopic (exact) mass is 385 g/mol. The molecule has 0 aliphatic heterocycles. The van der Waals surface area contributed by atoms with Crippen molar-refractivity contribution in [3.63, 3.8) is 0 Å². The molecule has 0 atom stereocenters. The molecule has 5 nitrogen and oxygen atoms in total. The molecule has 0 unspecified atom stereocenters. The summed E-state index contributed by atoms with van der Waals surface area (Å²) < 4.78 is 2.03. The number of anilines is 1. The molecule has 0 aliphatic carbocycles. The van der Waals surface area contributed by atoms with E-state index in [-0.39, 0.29) is 17.5 Å². The number of aromatic nitrogens is 2. The topological polar surface area (TPSA) is 64.0 Å². The highest BCUT2D eigenvalue weighted by Crippen LogP contribution is 2.23. The first-order chi connectivity index (χ1) is 10.4. The minimum Gasteiger partial charge on any atom is -0.326 e. The van der Waals surface area contributed by atoms with Gasteiger partial charge in [0.2, 0.25) is 5.91 Å². The Kier molecular flexibility index (Phi) is 5.58. The van der Waals surface area contributed by atoms with Crippen molar-refractivity contribution < 1.29 is 4.79 Å². The molecule has 2 rings (SSSR count). The molecule has 0 bridgehead atoms. The van der Waals surface area contributed by atoms with Gasteiger partial charge in [-0.2, -0.15) is 5.10 Å². The molecule has 1 heterocycles. The van der Waals surface area contributed by atoms with Gasteiger partial charge in [0.25, 0.3) is 5.56 Å². The van der Waals surface area contributed by atoms with Gasteiger partial charge in [-0.25, -0.2) is 4.68 Å². The Bertz CT molecular complexity index is 758. The van der Waals surface area contributed by atoms with E-state index in [1.165, 1.54) is 4.68 Å². The van der Waals surface area contributed by atoms with Crippen molar-refractivity contribution in [2.24, 2.45) is 0 Å². The number of carbonyl (C=O) groups is 1. The maximum Gasteiger partial charge on any atom is 0.275 e. The predicted molar refractivity (Wildman–Crippen MR) is 92.7 cm³/mol. The van der Waals surface area contributed by atoms with E-state index < -0.39 is 0 Å². The number of rotatable bonds is 5. The first-order valence-electron chi connectivity index (χ1n) is 7.02. The third kappa shape index (κ3) is 3.67. The number of halogens is 2. The summed E-state index contributed by atoms with van der Waals surface area (Å²) in [4.78, 5) is 24.2. The number of hydrogen-bond donors (Lipinski definition) is 1. The lowest BCUT2D eigenvalue weighted by atomic mass is 10.1. The molecule has 22 heavy (non-hydrogen) atoms. The Morgan fingerprint density at radius 2 is 2.14 bits per heavy atom. The quantitative estimate of drug-likeness (QED) is 0.797. The smallest absolute Gasteiger partial charge is 0.275 e. The first-order valence-corrected chi connectivity index (χ1v) is 8.34. The number of alkyl halides is 1. The SMILES string of the molecule is CC(C)n1nc(Br)c2ccc(NC(=O)CCCCl)cc2c1=O. The molecule has 118 valence electrons. The normalized spacial score (nSPS) is 11.1. The predicted octanol–water partition coefficient (Wildman–Crippen LogP) is 3.70. The fourth-order valence-corrected chi connectivity index (χ4v) is 2.75. The third-order valence-electron chi connectivity index (χ3n) is 3.19. The van der Waals surface area contributed by atoms with Gasteiger partial charge in [-0.05, 0) is 54.4 Å². The van der Waals surface area contributed by atoms with E-state index in [2.05, 4.69) is 26.3 Å². The lowest BCUT2D eigenvalue weighted by Gasteiger charge is -2.12. The van der Waals surface area contributed by atoms with Crippen LogP contribution in [0.5, 0.6) is 0 Å². The molecule has 0 spiro atoms. The zero-order valence-electron chi connectivity index (χ0n) is 12.4. The van der Waals surface area contributed by atoms with Gasteiger partial charge in [0, 0.05) is 23.4 Å². The summed E-state index contributed by atoms with van der Waals surface area (Å²) in [5, 5.41) is 8.28. The highest BCUT2D eigenvalue weighted by Gasteiger charge is 2.12.